The molecule has 2 aromatic carbocycles. The molecule has 1 fully saturated rings. The van der Waals surface area contributed by atoms with Gasteiger partial charge in [0.05, 0.1) is 16.5 Å². The zero-order chi connectivity index (χ0) is 21.8. The number of rotatable bonds is 6. The van der Waals surface area contributed by atoms with E-state index in [9.17, 15) is 9.59 Å². The summed E-state index contributed by atoms with van der Waals surface area (Å²) in [4.78, 5) is 30.3. The van der Waals surface area contributed by atoms with E-state index in [1.165, 1.54) is 0 Å². The van der Waals surface area contributed by atoms with Gasteiger partial charge in [-0.25, -0.2) is 4.98 Å². The Balaban J connectivity index is 1.42. The molecule has 1 aliphatic heterocycles. The molecule has 1 saturated heterocycles. The Hall–Kier alpha value is -3.22. The lowest BCUT2D eigenvalue weighted by molar-refractivity contribution is -0.141. The monoisotopic (exact) mass is 435 g/mol. The van der Waals surface area contributed by atoms with E-state index in [-0.39, 0.29) is 11.8 Å². The molecule has 1 aromatic heterocycles. The number of aliphatic carboxylic acids is 1. The van der Waals surface area contributed by atoms with Crippen LogP contribution in [0.25, 0.3) is 11.1 Å². The molecule has 0 radical (unpaired) electrons. The summed E-state index contributed by atoms with van der Waals surface area (Å²) in [5.74, 6) is -0.941. The minimum atomic E-state index is -0.742. The van der Waals surface area contributed by atoms with E-state index in [0.29, 0.717) is 35.9 Å². The van der Waals surface area contributed by atoms with Crippen LogP contribution in [-0.4, -0.2) is 40.0 Å². The van der Waals surface area contributed by atoms with Crippen molar-refractivity contribution >= 4 is 29.3 Å². The average molecular weight is 436 g/mol. The van der Waals surface area contributed by atoms with Gasteiger partial charge in [0.15, 0.2) is 0 Å². The average Bonchev–Trinajstić information content (AvgIpc) is 3.25. The predicted molar refractivity (Wildman–Crippen MR) is 120 cm³/mol. The van der Waals surface area contributed by atoms with Crippen LogP contribution in [0.15, 0.2) is 66.9 Å². The molecule has 3 aromatic rings. The molecule has 0 bridgehead atoms. The number of amides is 1. The van der Waals surface area contributed by atoms with Crippen molar-refractivity contribution in [1.29, 1.82) is 0 Å². The van der Waals surface area contributed by atoms with Crippen LogP contribution in [0.5, 0.6) is 0 Å². The van der Waals surface area contributed by atoms with E-state index in [2.05, 4.69) is 15.2 Å². The van der Waals surface area contributed by atoms with Gasteiger partial charge in [0.25, 0.3) is 5.91 Å². The van der Waals surface area contributed by atoms with Gasteiger partial charge in [0.1, 0.15) is 5.82 Å². The molecular formula is C24H22ClN3O3. The number of carbonyl (C=O) groups is 2. The molecule has 0 unspecified atom stereocenters. The molecule has 1 amide bonds. The fourth-order valence-electron chi connectivity index (χ4n) is 3.76. The molecular weight excluding hydrogens is 414 g/mol. The summed E-state index contributed by atoms with van der Waals surface area (Å²) < 4.78 is 0. The first-order chi connectivity index (χ1) is 15.0. The summed E-state index contributed by atoms with van der Waals surface area (Å²) in [6.07, 6.45) is 2.37. The number of nitrogens with zero attached hydrogens (tertiary/aromatic N) is 2. The molecule has 0 saturated carbocycles. The highest BCUT2D eigenvalue weighted by atomic mass is 35.5. The van der Waals surface area contributed by atoms with E-state index in [1.807, 2.05) is 42.5 Å². The Kier molecular flexibility index (Phi) is 6.30. The third-order valence-electron chi connectivity index (χ3n) is 5.42. The van der Waals surface area contributed by atoms with Gasteiger partial charge in [-0.15, -0.1) is 0 Å². The van der Waals surface area contributed by atoms with Gasteiger partial charge >= 0.3 is 5.97 Å². The number of hydrogen-bond donors (Lipinski definition) is 2. The lowest BCUT2D eigenvalue weighted by atomic mass is 10.0. The topological polar surface area (TPSA) is 82.5 Å². The summed E-state index contributed by atoms with van der Waals surface area (Å²) in [6, 6.07) is 18.7. The largest absolute Gasteiger partial charge is 0.481 e. The van der Waals surface area contributed by atoms with Gasteiger partial charge in [0.2, 0.25) is 0 Å². The summed E-state index contributed by atoms with van der Waals surface area (Å²) in [5.41, 5.74) is 3.08. The lowest BCUT2D eigenvalue weighted by Gasteiger charge is -2.15. The van der Waals surface area contributed by atoms with Crippen LogP contribution < -0.4 is 5.32 Å². The van der Waals surface area contributed by atoms with Crippen molar-refractivity contribution in [2.45, 2.75) is 13.0 Å². The maximum Gasteiger partial charge on any atom is 0.307 e. The normalized spacial score (nSPS) is 16.2. The maximum absolute atomic E-state index is 12.8. The number of carbonyl (C=O) groups excluding carboxylic acids is 1. The third-order valence-corrected chi connectivity index (χ3v) is 5.83. The van der Waals surface area contributed by atoms with Crippen LogP contribution in [-0.2, 0) is 11.3 Å². The van der Waals surface area contributed by atoms with Crippen LogP contribution in [0.3, 0.4) is 0 Å². The highest BCUT2D eigenvalue weighted by Crippen LogP contribution is 2.31. The second-order valence-corrected chi connectivity index (χ2v) is 7.98. The van der Waals surface area contributed by atoms with E-state index < -0.39 is 5.97 Å². The quantitative estimate of drug-likeness (QED) is 0.593. The number of carboxylic acids is 1. The van der Waals surface area contributed by atoms with Gasteiger partial charge in [-0.1, -0.05) is 60.1 Å². The van der Waals surface area contributed by atoms with Crippen molar-refractivity contribution in [3.63, 3.8) is 0 Å². The van der Waals surface area contributed by atoms with Gasteiger partial charge < -0.3 is 10.4 Å². The van der Waals surface area contributed by atoms with E-state index >= 15 is 0 Å². The molecule has 7 heteroatoms. The molecule has 1 aliphatic rings. The van der Waals surface area contributed by atoms with Crippen molar-refractivity contribution in [2.24, 2.45) is 5.92 Å². The van der Waals surface area contributed by atoms with Crippen LogP contribution in [0.4, 0.5) is 5.82 Å². The Morgan fingerprint density at radius 1 is 1.10 bits per heavy atom. The zero-order valence-electron chi connectivity index (χ0n) is 16.8. The van der Waals surface area contributed by atoms with E-state index in [1.54, 1.807) is 24.4 Å². The molecule has 0 spiro atoms. The highest BCUT2D eigenvalue weighted by Gasteiger charge is 2.27. The highest BCUT2D eigenvalue weighted by molar-refractivity contribution is 6.37. The number of carboxylic acid groups (broad SMARTS) is 1. The van der Waals surface area contributed by atoms with Gasteiger partial charge in [0, 0.05) is 24.8 Å². The summed E-state index contributed by atoms with van der Waals surface area (Å²) >= 11 is 6.53. The van der Waals surface area contributed by atoms with Crippen LogP contribution in [0.2, 0.25) is 5.02 Å². The molecule has 0 aliphatic carbocycles. The first-order valence-corrected chi connectivity index (χ1v) is 10.4. The maximum atomic E-state index is 12.8. The van der Waals surface area contributed by atoms with Crippen molar-refractivity contribution in [2.75, 3.05) is 18.4 Å². The smallest absolute Gasteiger partial charge is 0.307 e. The van der Waals surface area contributed by atoms with Crippen LogP contribution in [0, 0.1) is 5.92 Å². The molecule has 1 atom stereocenters. The second kappa shape index (κ2) is 9.29. The summed E-state index contributed by atoms with van der Waals surface area (Å²) in [7, 11) is 0. The number of halogens is 1. The zero-order valence-corrected chi connectivity index (χ0v) is 17.5. The number of nitrogens with one attached hydrogen (secondary N) is 1. The Labute approximate surface area is 185 Å². The molecule has 31 heavy (non-hydrogen) atoms. The number of hydrogen-bond acceptors (Lipinski definition) is 4. The number of aromatic nitrogens is 1. The van der Waals surface area contributed by atoms with Gasteiger partial charge in [-0.05, 0) is 36.2 Å². The Morgan fingerprint density at radius 3 is 2.58 bits per heavy atom. The Morgan fingerprint density at radius 2 is 1.90 bits per heavy atom. The summed E-state index contributed by atoms with van der Waals surface area (Å²) in [6.45, 7) is 1.94. The third kappa shape index (κ3) is 4.93. The molecule has 158 valence electrons. The molecule has 2 N–H and O–H groups in total. The first kappa shape index (κ1) is 21.0. The summed E-state index contributed by atoms with van der Waals surface area (Å²) in [5, 5.41) is 12.3. The Bertz CT molecular complexity index is 1090. The number of pyridine rings is 1. The van der Waals surface area contributed by atoms with Crippen molar-refractivity contribution < 1.29 is 14.7 Å². The lowest BCUT2D eigenvalue weighted by Crippen LogP contribution is -2.23. The van der Waals surface area contributed by atoms with Gasteiger partial charge in [-0.3, -0.25) is 14.5 Å². The minimum Gasteiger partial charge on any atom is -0.481 e. The molecule has 4 rings (SSSR count). The second-order valence-electron chi connectivity index (χ2n) is 7.60. The fourth-order valence-corrected chi connectivity index (χ4v) is 4.08. The van der Waals surface area contributed by atoms with Crippen molar-refractivity contribution in [3.8, 4) is 11.1 Å². The predicted octanol–water partition coefficient (Wildman–Crippen LogP) is 4.56. The molecule has 2 heterocycles. The van der Waals surface area contributed by atoms with Crippen LogP contribution in [0.1, 0.15) is 22.3 Å². The van der Waals surface area contributed by atoms with Crippen molar-refractivity contribution in [1.82, 2.24) is 9.88 Å². The minimum absolute atomic E-state index is 0.303. The number of likely N-dealkylation sites (tertiary alicyclic amines) is 1. The van der Waals surface area contributed by atoms with E-state index in [4.69, 9.17) is 16.7 Å². The molecule has 6 nitrogen and oxygen atoms in total. The van der Waals surface area contributed by atoms with Crippen LogP contribution >= 0.6 is 11.6 Å². The van der Waals surface area contributed by atoms with Gasteiger partial charge in [-0.2, -0.15) is 0 Å². The standard InChI is InChI=1S/C24H22ClN3O3/c25-22-19(17-5-2-1-3-6-17)7-4-8-20(22)23(29)27-21-10-9-16(13-26-21)14-28-12-11-18(15-28)24(30)31/h1-10,13,18H,11-12,14-15H2,(H,30,31)(H,26,27,29)/t18-/m1/s1. The number of benzene rings is 2. The fraction of sp³-hybridized carbons (Fsp3) is 0.208. The van der Waals surface area contributed by atoms with Crippen molar-refractivity contribution in [3.05, 3.63) is 83.0 Å². The SMILES string of the molecule is O=C(Nc1ccc(CN2CC[C@@H](C(=O)O)C2)cn1)c1cccc(-c2ccccc2)c1Cl. The van der Waals surface area contributed by atoms with E-state index in [0.717, 1.165) is 23.2 Å². The number of anilines is 1. The first-order valence-electron chi connectivity index (χ1n) is 10.1.